The van der Waals surface area contributed by atoms with E-state index in [9.17, 15) is 9.90 Å². The zero-order valence-electron chi connectivity index (χ0n) is 23.9. The number of thioether (sulfide) groups is 1. The lowest BCUT2D eigenvalue weighted by Gasteiger charge is -2.31. The summed E-state index contributed by atoms with van der Waals surface area (Å²) in [5.74, 6) is 1.87. The maximum Gasteiger partial charge on any atom is 0.223 e. The zero-order chi connectivity index (χ0) is 27.7. The number of carbonyl (C=O) groups excluding carboxylic acids is 1. The molecule has 1 fully saturated rings. The van der Waals surface area contributed by atoms with Gasteiger partial charge in [0.05, 0.1) is 10.7 Å². The molecule has 0 radical (unpaired) electrons. The van der Waals surface area contributed by atoms with E-state index in [0.29, 0.717) is 18.1 Å². The van der Waals surface area contributed by atoms with Gasteiger partial charge in [0.2, 0.25) is 5.91 Å². The fourth-order valence-electron chi connectivity index (χ4n) is 5.03. The summed E-state index contributed by atoms with van der Waals surface area (Å²) in [7, 11) is 0. The number of aryl methyl sites for hydroxylation is 1. The van der Waals surface area contributed by atoms with E-state index in [2.05, 4.69) is 90.2 Å². The molecule has 3 aromatic rings. The predicted molar refractivity (Wildman–Crippen MR) is 162 cm³/mol. The number of nitrogens with zero attached hydrogens (tertiary/aromatic N) is 2. The van der Waals surface area contributed by atoms with Crippen molar-refractivity contribution in [1.29, 1.82) is 0 Å². The zero-order valence-corrected chi connectivity index (χ0v) is 25.6. The van der Waals surface area contributed by atoms with Crippen molar-refractivity contribution in [3.63, 3.8) is 0 Å². The minimum Gasteiger partial charge on any atom is -0.507 e. The largest absolute Gasteiger partial charge is 0.507 e. The molecule has 0 atom stereocenters. The van der Waals surface area contributed by atoms with Gasteiger partial charge >= 0.3 is 0 Å². The molecular weight excluding hydrogens is 508 g/mol. The molecule has 6 heteroatoms. The highest BCUT2D eigenvalue weighted by Gasteiger charge is 2.29. The lowest BCUT2D eigenvalue weighted by molar-refractivity contribution is -0.131. The van der Waals surface area contributed by atoms with Crippen LogP contribution in [-0.4, -0.2) is 39.7 Å². The molecule has 2 aromatic carbocycles. The Hall–Kier alpha value is -2.31. The Bertz CT molecular complexity index is 1240. The number of phenolic OH excluding ortho intramolecular Hbond substituents is 1. The highest BCUT2D eigenvalue weighted by Crippen LogP contribution is 2.42. The minimum absolute atomic E-state index is 0.170. The van der Waals surface area contributed by atoms with Crippen molar-refractivity contribution >= 4 is 29.0 Å². The molecule has 0 aliphatic carbocycles. The van der Waals surface area contributed by atoms with Crippen molar-refractivity contribution in [2.75, 3.05) is 18.8 Å². The van der Waals surface area contributed by atoms with Crippen LogP contribution in [0.5, 0.6) is 5.75 Å². The normalized spacial score (nSPS) is 15.2. The topological polar surface area (TPSA) is 53.4 Å². The van der Waals surface area contributed by atoms with E-state index in [1.807, 2.05) is 4.90 Å². The molecule has 1 saturated heterocycles. The summed E-state index contributed by atoms with van der Waals surface area (Å²) in [6.45, 7) is 16.6. The van der Waals surface area contributed by atoms with Gasteiger partial charge in [0.25, 0.3) is 0 Å². The molecule has 0 spiro atoms. The molecule has 1 amide bonds. The number of amides is 1. The molecular formula is C32H42N2O2S2. The standard InChI is InChI=1S/C32H42N2O2S2/c1-21-10-8-9-11-27(21)37-17-14-28(35)34-15-12-22(13-16-34)30-33-26(20-38-30)23-18-24(31(2,3)4)29(36)25(19-23)32(5,6)7/h8-11,18-20,22,36H,12-17H2,1-7H3. The maximum absolute atomic E-state index is 12.8. The van der Waals surface area contributed by atoms with Crippen LogP contribution in [0.1, 0.15) is 88.4 Å². The summed E-state index contributed by atoms with van der Waals surface area (Å²) in [6.07, 6.45) is 2.50. The summed E-state index contributed by atoms with van der Waals surface area (Å²) in [4.78, 5) is 21.2. The predicted octanol–water partition coefficient (Wildman–Crippen LogP) is 8.31. The van der Waals surface area contributed by atoms with Crippen LogP contribution in [0.2, 0.25) is 0 Å². The highest BCUT2D eigenvalue weighted by molar-refractivity contribution is 7.99. The first-order chi connectivity index (χ1) is 17.8. The van der Waals surface area contributed by atoms with Gasteiger partial charge in [0, 0.05) is 58.1 Å². The van der Waals surface area contributed by atoms with Crippen LogP contribution in [0.25, 0.3) is 11.3 Å². The van der Waals surface area contributed by atoms with Crippen molar-refractivity contribution in [3.05, 3.63) is 63.5 Å². The Balaban J connectivity index is 1.40. The molecule has 0 bridgehead atoms. The van der Waals surface area contributed by atoms with Crippen LogP contribution in [0.15, 0.2) is 46.7 Å². The number of piperidine rings is 1. The Kier molecular flexibility index (Phi) is 8.63. The average molecular weight is 551 g/mol. The van der Waals surface area contributed by atoms with Crippen LogP contribution >= 0.6 is 23.1 Å². The summed E-state index contributed by atoms with van der Waals surface area (Å²) in [6, 6.07) is 12.6. The molecule has 1 aromatic heterocycles. The number of carbonyl (C=O) groups is 1. The van der Waals surface area contributed by atoms with E-state index >= 15 is 0 Å². The van der Waals surface area contributed by atoms with E-state index in [-0.39, 0.29) is 16.7 Å². The monoisotopic (exact) mass is 550 g/mol. The Labute approximate surface area is 236 Å². The first kappa shape index (κ1) is 28.7. The van der Waals surface area contributed by atoms with Crippen molar-refractivity contribution in [2.45, 2.75) is 89.4 Å². The minimum atomic E-state index is -0.170. The number of thiazole rings is 1. The quantitative estimate of drug-likeness (QED) is 0.314. The molecule has 1 aliphatic heterocycles. The highest BCUT2D eigenvalue weighted by atomic mass is 32.2. The molecule has 1 N–H and O–H groups in total. The number of likely N-dealkylation sites (tertiary alicyclic amines) is 1. The van der Waals surface area contributed by atoms with Gasteiger partial charge in [0.15, 0.2) is 0 Å². The van der Waals surface area contributed by atoms with Gasteiger partial charge in [-0.2, -0.15) is 0 Å². The van der Waals surface area contributed by atoms with Crippen molar-refractivity contribution in [2.24, 2.45) is 0 Å². The van der Waals surface area contributed by atoms with Crippen LogP contribution in [0, 0.1) is 6.92 Å². The van der Waals surface area contributed by atoms with Gasteiger partial charge in [0.1, 0.15) is 5.75 Å². The van der Waals surface area contributed by atoms with Gasteiger partial charge in [-0.25, -0.2) is 4.98 Å². The molecule has 4 nitrogen and oxygen atoms in total. The van der Waals surface area contributed by atoms with Crippen LogP contribution in [0.3, 0.4) is 0 Å². The second kappa shape index (κ2) is 11.4. The lowest BCUT2D eigenvalue weighted by atomic mass is 9.78. The number of rotatable bonds is 6. The smallest absolute Gasteiger partial charge is 0.223 e. The molecule has 1 aliphatic rings. The van der Waals surface area contributed by atoms with E-state index in [4.69, 9.17) is 4.98 Å². The van der Waals surface area contributed by atoms with E-state index in [1.54, 1.807) is 23.1 Å². The van der Waals surface area contributed by atoms with Crippen LogP contribution < -0.4 is 0 Å². The number of phenols is 1. The van der Waals surface area contributed by atoms with Gasteiger partial charge in [-0.3, -0.25) is 4.79 Å². The number of hydrogen-bond acceptors (Lipinski definition) is 5. The van der Waals surface area contributed by atoms with Gasteiger partial charge in [-0.05, 0) is 54.4 Å². The Morgan fingerprint density at radius 3 is 2.24 bits per heavy atom. The number of benzene rings is 2. The molecule has 0 unspecified atom stereocenters. The number of aromatic hydroxyl groups is 1. The third-order valence-electron chi connectivity index (χ3n) is 7.41. The van der Waals surface area contributed by atoms with Crippen LogP contribution in [-0.2, 0) is 15.6 Å². The van der Waals surface area contributed by atoms with E-state index < -0.39 is 0 Å². The lowest BCUT2D eigenvalue weighted by Crippen LogP contribution is -2.38. The van der Waals surface area contributed by atoms with Gasteiger partial charge in [-0.15, -0.1) is 23.1 Å². The van der Waals surface area contributed by atoms with Crippen molar-refractivity contribution in [1.82, 2.24) is 9.88 Å². The third-order valence-corrected chi connectivity index (χ3v) is 9.59. The molecule has 204 valence electrons. The molecule has 38 heavy (non-hydrogen) atoms. The Morgan fingerprint density at radius 1 is 1.05 bits per heavy atom. The van der Waals surface area contributed by atoms with Gasteiger partial charge < -0.3 is 10.0 Å². The second-order valence-corrected chi connectivity index (χ2v) is 14.5. The second-order valence-electron chi connectivity index (χ2n) is 12.5. The first-order valence-corrected chi connectivity index (χ1v) is 15.5. The SMILES string of the molecule is Cc1ccccc1SCCC(=O)N1CCC(c2nc(-c3cc(C(C)(C)C)c(O)c(C(C)(C)C)c3)cs2)CC1. The summed E-state index contributed by atoms with van der Waals surface area (Å²) >= 11 is 3.50. The maximum atomic E-state index is 12.8. The van der Waals surface area contributed by atoms with Crippen molar-refractivity contribution < 1.29 is 9.90 Å². The summed E-state index contributed by atoms with van der Waals surface area (Å²) in [5, 5.41) is 14.4. The average Bonchev–Trinajstić information content (AvgIpc) is 3.34. The molecule has 0 saturated carbocycles. The summed E-state index contributed by atoms with van der Waals surface area (Å²) < 4.78 is 0. The first-order valence-electron chi connectivity index (χ1n) is 13.6. The molecule has 4 rings (SSSR count). The van der Waals surface area contributed by atoms with Crippen molar-refractivity contribution in [3.8, 4) is 17.0 Å². The van der Waals surface area contributed by atoms with Crippen LogP contribution in [0.4, 0.5) is 0 Å². The van der Waals surface area contributed by atoms with E-state index in [0.717, 1.165) is 59.1 Å². The summed E-state index contributed by atoms with van der Waals surface area (Å²) in [5.41, 5.74) is 4.90. The van der Waals surface area contributed by atoms with Gasteiger partial charge in [-0.1, -0.05) is 59.7 Å². The third kappa shape index (κ3) is 6.63. The number of aromatic nitrogens is 1. The fourth-order valence-corrected chi connectivity index (χ4v) is 7.00. The van der Waals surface area contributed by atoms with E-state index in [1.165, 1.54) is 10.5 Å². The Morgan fingerprint density at radius 2 is 1.66 bits per heavy atom. The molecule has 2 heterocycles. The number of hydrogen-bond donors (Lipinski definition) is 1. The fraction of sp³-hybridized carbons (Fsp3) is 0.500.